The maximum absolute atomic E-state index is 11.4. The molecule has 0 aliphatic heterocycles. The molecular formula is C12H17NO2S. The van der Waals surface area contributed by atoms with Gasteiger partial charge in [-0.1, -0.05) is 0 Å². The number of nitrogens with zero attached hydrogens (tertiary/aromatic N) is 1. The van der Waals surface area contributed by atoms with Crippen LogP contribution in [0, 0.1) is 0 Å². The van der Waals surface area contributed by atoms with Crippen LogP contribution in [0.2, 0.25) is 0 Å². The molecule has 0 aliphatic carbocycles. The molecule has 0 fully saturated rings. The highest BCUT2D eigenvalue weighted by molar-refractivity contribution is 8.00. The van der Waals surface area contributed by atoms with E-state index in [1.54, 1.807) is 19.0 Å². The molecule has 0 aliphatic rings. The lowest BCUT2D eigenvalue weighted by molar-refractivity contribution is -0.125. The van der Waals surface area contributed by atoms with Crippen LogP contribution in [0.4, 0.5) is 0 Å². The monoisotopic (exact) mass is 239 g/mol. The summed E-state index contributed by atoms with van der Waals surface area (Å²) in [5.74, 6) is 1.46. The smallest absolute Gasteiger partial charge is 0.232 e. The van der Waals surface area contributed by atoms with E-state index in [0.717, 1.165) is 10.6 Å². The standard InChI is InChI=1S/C12H17NO2S/c1-4-15-10-5-7-11(8-6-10)16-9-12(14)13(2)3/h5-8H,4,9H2,1-3H3. The van der Waals surface area contributed by atoms with Crippen LogP contribution >= 0.6 is 11.8 Å². The van der Waals surface area contributed by atoms with Gasteiger partial charge >= 0.3 is 0 Å². The molecule has 1 aromatic carbocycles. The van der Waals surface area contributed by atoms with E-state index in [1.165, 1.54) is 11.8 Å². The van der Waals surface area contributed by atoms with Crippen molar-refractivity contribution in [1.29, 1.82) is 0 Å². The Labute approximate surface area is 101 Å². The van der Waals surface area contributed by atoms with Crippen molar-refractivity contribution in [2.24, 2.45) is 0 Å². The van der Waals surface area contributed by atoms with Crippen molar-refractivity contribution in [2.45, 2.75) is 11.8 Å². The molecule has 0 saturated carbocycles. The first-order chi connectivity index (χ1) is 7.63. The SMILES string of the molecule is CCOc1ccc(SCC(=O)N(C)C)cc1. The van der Waals surface area contributed by atoms with Gasteiger partial charge in [0.05, 0.1) is 12.4 Å². The van der Waals surface area contributed by atoms with Gasteiger partial charge in [-0.25, -0.2) is 0 Å². The van der Waals surface area contributed by atoms with Gasteiger partial charge in [0.1, 0.15) is 5.75 Å². The highest BCUT2D eigenvalue weighted by Crippen LogP contribution is 2.21. The lowest BCUT2D eigenvalue weighted by Crippen LogP contribution is -2.23. The summed E-state index contributed by atoms with van der Waals surface area (Å²) in [4.78, 5) is 14.0. The minimum absolute atomic E-state index is 0.124. The highest BCUT2D eigenvalue weighted by Gasteiger charge is 2.04. The lowest BCUT2D eigenvalue weighted by atomic mass is 10.3. The quantitative estimate of drug-likeness (QED) is 0.738. The second-order valence-electron chi connectivity index (χ2n) is 3.48. The van der Waals surface area contributed by atoms with E-state index in [0.29, 0.717) is 12.4 Å². The van der Waals surface area contributed by atoms with E-state index >= 15 is 0 Å². The molecule has 0 heterocycles. The highest BCUT2D eigenvalue weighted by atomic mass is 32.2. The molecule has 0 bridgehead atoms. The Morgan fingerprint density at radius 1 is 1.31 bits per heavy atom. The summed E-state index contributed by atoms with van der Waals surface area (Å²) in [6, 6.07) is 7.79. The van der Waals surface area contributed by atoms with Crippen LogP contribution in [0.1, 0.15) is 6.92 Å². The van der Waals surface area contributed by atoms with Gasteiger partial charge in [0.15, 0.2) is 0 Å². The molecule has 0 atom stereocenters. The Hall–Kier alpha value is -1.16. The Morgan fingerprint density at radius 3 is 2.44 bits per heavy atom. The van der Waals surface area contributed by atoms with E-state index in [2.05, 4.69) is 0 Å². The van der Waals surface area contributed by atoms with Crippen molar-refractivity contribution in [3.05, 3.63) is 24.3 Å². The van der Waals surface area contributed by atoms with Gasteiger partial charge in [-0.05, 0) is 31.2 Å². The van der Waals surface area contributed by atoms with Crippen LogP contribution in [0.25, 0.3) is 0 Å². The normalized spacial score (nSPS) is 9.94. The summed E-state index contributed by atoms with van der Waals surface area (Å²) in [5.41, 5.74) is 0. The molecule has 0 radical (unpaired) electrons. The number of thioether (sulfide) groups is 1. The first kappa shape index (κ1) is 12.9. The van der Waals surface area contributed by atoms with Crippen molar-refractivity contribution in [2.75, 3.05) is 26.5 Å². The molecule has 3 nitrogen and oxygen atoms in total. The second kappa shape index (κ2) is 6.43. The summed E-state index contributed by atoms with van der Waals surface area (Å²) in [6.07, 6.45) is 0. The number of hydrogen-bond donors (Lipinski definition) is 0. The third-order valence-electron chi connectivity index (χ3n) is 2.00. The Morgan fingerprint density at radius 2 is 1.94 bits per heavy atom. The zero-order valence-electron chi connectivity index (χ0n) is 9.90. The third-order valence-corrected chi connectivity index (χ3v) is 2.99. The summed E-state index contributed by atoms with van der Waals surface area (Å²) < 4.78 is 5.34. The molecule has 0 unspecified atom stereocenters. The van der Waals surface area contributed by atoms with E-state index in [-0.39, 0.29) is 5.91 Å². The van der Waals surface area contributed by atoms with Crippen LogP contribution in [-0.2, 0) is 4.79 Å². The molecule has 88 valence electrons. The zero-order valence-corrected chi connectivity index (χ0v) is 10.7. The maximum atomic E-state index is 11.4. The molecule has 1 rings (SSSR count). The van der Waals surface area contributed by atoms with E-state index in [9.17, 15) is 4.79 Å². The molecule has 1 aromatic rings. The van der Waals surface area contributed by atoms with Crippen molar-refractivity contribution in [3.8, 4) is 5.75 Å². The summed E-state index contributed by atoms with van der Waals surface area (Å²) in [6.45, 7) is 2.63. The molecule has 16 heavy (non-hydrogen) atoms. The fraction of sp³-hybridized carbons (Fsp3) is 0.417. The number of rotatable bonds is 5. The molecule has 0 N–H and O–H groups in total. The van der Waals surface area contributed by atoms with Crippen LogP contribution in [0.3, 0.4) is 0 Å². The van der Waals surface area contributed by atoms with Crippen molar-refractivity contribution < 1.29 is 9.53 Å². The molecule has 1 amide bonds. The Balaban J connectivity index is 2.46. The number of amides is 1. The van der Waals surface area contributed by atoms with Gasteiger partial charge in [-0.3, -0.25) is 4.79 Å². The third kappa shape index (κ3) is 4.14. The maximum Gasteiger partial charge on any atom is 0.232 e. The summed E-state index contributed by atoms with van der Waals surface area (Å²) >= 11 is 1.54. The zero-order chi connectivity index (χ0) is 12.0. The topological polar surface area (TPSA) is 29.5 Å². The first-order valence-electron chi connectivity index (χ1n) is 5.19. The first-order valence-corrected chi connectivity index (χ1v) is 6.18. The molecule has 0 saturated heterocycles. The predicted molar refractivity (Wildman–Crippen MR) is 67.0 cm³/mol. The van der Waals surface area contributed by atoms with Gasteiger partial charge in [-0.2, -0.15) is 0 Å². The van der Waals surface area contributed by atoms with E-state index < -0.39 is 0 Å². The van der Waals surface area contributed by atoms with E-state index in [4.69, 9.17) is 4.74 Å². The van der Waals surface area contributed by atoms with Crippen LogP contribution < -0.4 is 4.74 Å². The van der Waals surface area contributed by atoms with Crippen molar-refractivity contribution in [1.82, 2.24) is 4.90 Å². The van der Waals surface area contributed by atoms with Crippen molar-refractivity contribution in [3.63, 3.8) is 0 Å². The molecule has 0 spiro atoms. The fourth-order valence-corrected chi connectivity index (χ4v) is 1.95. The van der Waals surface area contributed by atoms with Gasteiger partial charge in [0, 0.05) is 19.0 Å². The molecule has 0 aromatic heterocycles. The Bertz CT molecular complexity index is 335. The minimum atomic E-state index is 0.124. The van der Waals surface area contributed by atoms with Gasteiger partial charge in [0.2, 0.25) is 5.91 Å². The minimum Gasteiger partial charge on any atom is -0.494 e. The van der Waals surface area contributed by atoms with Gasteiger partial charge in [-0.15, -0.1) is 11.8 Å². The van der Waals surface area contributed by atoms with Gasteiger partial charge in [0.25, 0.3) is 0 Å². The number of hydrogen-bond acceptors (Lipinski definition) is 3. The average molecular weight is 239 g/mol. The largest absolute Gasteiger partial charge is 0.494 e. The second-order valence-corrected chi connectivity index (χ2v) is 4.53. The van der Waals surface area contributed by atoms with E-state index in [1.807, 2.05) is 31.2 Å². The lowest BCUT2D eigenvalue weighted by Gasteiger charge is -2.09. The van der Waals surface area contributed by atoms with Crippen LogP contribution in [-0.4, -0.2) is 37.3 Å². The summed E-state index contributed by atoms with van der Waals surface area (Å²) in [5, 5.41) is 0. The van der Waals surface area contributed by atoms with Crippen molar-refractivity contribution >= 4 is 17.7 Å². The van der Waals surface area contributed by atoms with Gasteiger partial charge < -0.3 is 9.64 Å². The molecular weight excluding hydrogens is 222 g/mol. The fourth-order valence-electron chi connectivity index (χ4n) is 1.07. The number of carbonyl (C=O) groups is 1. The summed E-state index contributed by atoms with van der Waals surface area (Å²) in [7, 11) is 3.53. The Kier molecular flexibility index (Phi) is 5.19. The predicted octanol–water partition coefficient (Wildman–Crippen LogP) is 2.27. The molecule has 4 heteroatoms. The number of benzene rings is 1. The average Bonchev–Trinajstić information content (AvgIpc) is 2.28. The number of carbonyl (C=O) groups excluding carboxylic acids is 1. The van der Waals surface area contributed by atoms with Crippen LogP contribution in [0.5, 0.6) is 5.75 Å². The number of ether oxygens (including phenoxy) is 1. The van der Waals surface area contributed by atoms with Crippen LogP contribution in [0.15, 0.2) is 29.2 Å².